The zero-order valence-corrected chi connectivity index (χ0v) is 24.1. The highest BCUT2D eigenvalue weighted by molar-refractivity contribution is 7.92. The van der Waals surface area contributed by atoms with E-state index in [1.54, 1.807) is 31.4 Å². The van der Waals surface area contributed by atoms with Gasteiger partial charge in [0.15, 0.2) is 0 Å². The van der Waals surface area contributed by atoms with E-state index in [0.717, 1.165) is 21.7 Å². The lowest BCUT2D eigenvalue weighted by atomic mass is 10.0. The molecule has 0 radical (unpaired) electrons. The van der Waals surface area contributed by atoms with E-state index in [2.05, 4.69) is 5.32 Å². The van der Waals surface area contributed by atoms with Gasteiger partial charge in [0.1, 0.15) is 18.3 Å². The van der Waals surface area contributed by atoms with Crippen LogP contribution in [-0.4, -0.2) is 56.6 Å². The van der Waals surface area contributed by atoms with Crippen molar-refractivity contribution < 1.29 is 22.7 Å². The van der Waals surface area contributed by atoms with Crippen molar-refractivity contribution in [2.24, 2.45) is 0 Å². The lowest BCUT2D eigenvalue weighted by Crippen LogP contribution is -2.55. The van der Waals surface area contributed by atoms with Gasteiger partial charge >= 0.3 is 0 Å². The van der Waals surface area contributed by atoms with E-state index >= 15 is 0 Å². The van der Waals surface area contributed by atoms with Crippen molar-refractivity contribution in [1.29, 1.82) is 0 Å². The van der Waals surface area contributed by atoms with Crippen molar-refractivity contribution in [1.82, 2.24) is 10.2 Å². The SMILES string of the molecule is CC[C@H](C(=O)NC(C)(C)C)N(Cc1ccc(OC)cc1)C(=O)CN(c1ccccc1C(C)C)S(C)(=O)=O. The third kappa shape index (κ3) is 8.49. The molecule has 0 aliphatic heterocycles. The molecule has 2 aromatic rings. The molecule has 9 heteroatoms. The molecule has 0 fully saturated rings. The lowest BCUT2D eigenvalue weighted by molar-refractivity contribution is -0.141. The number of hydrogen-bond acceptors (Lipinski definition) is 5. The Morgan fingerprint density at radius 3 is 2.11 bits per heavy atom. The van der Waals surface area contributed by atoms with Crippen LogP contribution in [0.1, 0.15) is 65.0 Å². The summed E-state index contributed by atoms with van der Waals surface area (Å²) in [6.07, 6.45) is 1.46. The van der Waals surface area contributed by atoms with Crippen LogP contribution in [0.5, 0.6) is 5.75 Å². The fourth-order valence-electron chi connectivity index (χ4n) is 4.10. The van der Waals surface area contributed by atoms with Gasteiger partial charge in [-0.1, -0.05) is 51.1 Å². The molecule has 0 heterocycles. The summed E-state index contributed by atoms with van der Waals surface area (Å²) in [6.45, 7) is 11.1. The van der Waals surface area contributed by atoms with Crippen LogP contribution >= 0.6 is 0 Å². The van der Waals surface area contributed by atoms with Gasteiger partial charge in [-0.2, -0.15) is 0 Å². The minimum Gasteiger partial charge on any atom is -0.497 e. The molecule has 1 atom stereocenters. The zero-order valence-electron chi connectivity index (χ0n) is 23.2. The molecule has 1 N–H and O–H groups in total. The first kappa shape index (κ1) is 30.2. The maximum absolute atomic E-state index is 13.9. The monoisotopic (exact) mass is 531 g/mol. The van der Waals surface area contributed by atoms with E-state index in [1.807, 2.05) is 65.8 Å². The summed E-state index contributed by atoms with van der Waals surface area (Å²) in [5.74, 6) is -0.0272. The number of anilines is 1. The zero-order chi connectivity index (χ0) is 28.0. The smallest absolute Gasteiger partial charge is 0.244 e. The Kier molecular flexibility index (Phi) is 10.1. The summed E-state index contributed by atoms with van der Waals surface area (Å²) in [7, 11) is -2.22. The van der Waals surface area contributed by atoms with Gasteiger partial charge in [0.05, 0.1) is 19.1 Å². The number of benzene rings is 2. The molecule has 37 heavy (non-hydrogen) atoms. The first-order valence-electron chi connectivity index (χ1n) is 12.5. The molecule has 0 spiro atoms. The number of ether oxygens (including phenoxy) is 1. The highest BCUT2D eigenvalue weighted by Crippen LogP contribution is 2.29. The summed E-state index contributed by atoms with van der Waals surface area (Å²) < 4.78 is 32.2. The van der Waals surface area contributed by atoms with Crippen molar-refractivity contribution in [2.45, 2.75) is 72.0 Å². The van der Waals surface area contributed by atoms with E-state index in [0.29, 0.717) is 17.9 Å². The number of carbonyl (C=O) groups is 2. The van der Waals surface area contributed by atoms with Crippen LogP contribution < -0.4 is 14.4 Å². The van der Waals surface area contributed by atoms with Crippen molar-refractivity contribution >= 4 is 27.5 Å². The first-order chi connectivity index (χ1) is 17.2. The van der Waals surface area contributed by atoms with Crippen molar-refractivity contribution in [3.8, 4) is 5.75 Å². The number of carbonyl (C=O) groups excluding carboxylic acids is 2. The first-order valence-corrected chi connectivity index (χ1v) is 14.3. The molecule has 0 saturated carbocycles. The van der Waals surface area contributed by atoms with Gasteiger partial charge in [-0.15, -0.1) is 0 Å². The average molecular weight is 532 g/mol. The number of sulfonamides is 1. The summed E-state index contributed by atoms with van der Waals surface area (Å²) in [5, 5.41) is 2.96. The molecule has 0 unspecified atom stereocenters. The maximum Gasteiger partial charge on any atom is 0.244 e. The summed E-state index contributed by atoms with van der Waals surface area (Å²) >= 11 is 0. The minimum absolute atomic E-state index is 0.0481. The molecule has 0 saturated heterocycles. The second-order valence-electron chi connectivity index (χ2n) is 10.5. The van der Waals surface area contributed by atoms with Gasteiger partial charge in [-0.05, 0) is 62.4 Å². The molecule has 0 aliphatic carbocycles. The number of hydrogen-bond donors (Lipinski definition) is 1. The van der Waals surface area contributed by atoms with E-state index in [1.165, 1.54) is 4.90 Å². The standard InChI is InChI=1S/C28H41N3O5S/c1-9-24(27(33)29-28(4,5)6)30(18-21-14-16-22(36-7)17-15-21)26(32)19-31(37(8,34)35)25-13-11-10-12-23(25)20(2)3/h10-17,20,24H,9,18-19H2,1-8H3,(H,29,33)/t24-/m1/s1. The third-order valence-electron chi connectivity index (χ3n) is 5.90. The second kappa shape index (κ2) is 12.4. The van der Waals surface area contributed by atoms with Gasteiger partial charge < -0.3 is 15.0 Å². The van der Waals surface area contributed by atoms with Crippen molar-refractivity contribution in [2.75, 3.05) is 24.2 Å². The van der Waals surface area contributed by atoms with E-state index in [-0.39, 0.29) is 18.4 Å². The lowest BCUT2D eigenvalue weighted by Gasteiger charge is -2.35. The Labute approximate surface area is 222 Å². The molecule has 2 amide bonds. The van der Waals surface area contributed by atoms with Gasteiger partial charge in [0, 0.05) is 12.1 Å². The predicted octanol–water partition coefficient (Wildman–Crippen LogP) is 4.31. The van der Waals surface area contributed by atoms with Crippen LogP contribution in [0.25, 0.3) is 0 Å². The number of nitrogens with one attached hydrogen (secondary N) is 1. The quantitative estimate of drug-likeness (QED) is 0.466. The molecule has 8 nitrogen and oxygen atoms in total. The molecule has 204 valence electrons. The van der Waals surface area contributed by atoms with Crippen molar-refractivity contribution in [3.05, 3.63) is 59.7 Å². The topological polar surface area (TPSA) is 96.0 Å². The number of methoxy groups -OCH3 is 1. The molecule has 0 aliphatic rings. The van der Waals surface area contributed by atoms with Crippen LogP contribution in [0, 0.1) is 0 Å². The number of para-hydroxylation sites is 1. The Balaban J connectivity index is 2.52. The molecule has 0 aromatic heterocycles. The van der Waals surface area contributed by atoms with Crippen molar-refractivity contribution in [3.63, 3.8) is 0 Å². The van der Waals surface area contributed by atoms with E-state index < -0.39 is 34.1 Å². The average Bonchev–Trinajstić information content (AvgIpc) is 2.80. The van der Waals surface area contributed by atoms with Gasteiger partial charge in [0.2, 0.25) is 21.8 Å². The summed E-state index contributed by atoms with van der Waals surface area (Å²) in [6, 6.07) is 13.6. The van der Waals surface area contributed by atoms with Gasteiger partial charge in [-0.25, -0.2) is 8.42 Å². The summed E-state index contributed by atoms with van der Waals surface area (Å²) in [4.78, 5) is 28.6. The Morgan fingerprint density at radius 2 is 1.62 bits per heavy atom. The van der Waals surface area contributed by atoms with Crippen LogP contribution in [0.4, 0.5) is 5.69 Å². The Morgan fingerprint density at radius 1 is 1.03 bits per heavy atom. The van der Waals surface area contributed by atoms with E-state index in [9.17, 15) is 18.0 Å². The third-order valence-corrected chi connectivity index (χ3v) is 7.03. The molecule has 2 rings (SSSR count). The normalized spacial score (nSPS) is 12.7. The molecular formula is C28H41N3O5S. The molecule has 0 bridgehead atoms. The van der Waals surface area contributed by atoms with Crippen LogP contribution in [0.15, 0.2) is 48.5 Å². The van der Waals surface area contributed by atoms with Crippen LogP contribution in [-0.2, 0) is 26.2 Å². The molecule has 2 aromatic carbocycles. The molecular weight excluding hydrogens is 490 g/mol. The largest absolute Gasteiger partial charge is 0.497 e. The van der Waals surface area contributed by atoms with Gasteiger partial charge in [0.25, 0.3) is 0 Å². The fourth-order valence-corrected chi connectivity index (χ4v) is 4.97. The van der Waals surface area contributed by atoms with Crippen LogP contribution in [0.2, 0.25) is 0 Å². The Hall–Kier alpha value is -3.07. The maximum atomic E-state index is 13.9. The van der Waals surface area contributed by atoms with E-state index in [4.69, 9.17) is 4.74 Å². The number of amides is 2. The number of rotatable bonds is 11. The Bertz CT molecular complexity index is 1170. The number of nitrogens with zero attached hydrogens (tertiary/aromatic N) is 2. The highest BCUT2D eigenvalue weighted by atomic mass is 32.2. The highest BCUT2D eigenvalue weighted by Gasteiger charge is 2.33. The second-order valence-corrected chi connectivity index (χ2v) is 12.4. The summed E-state index contributed by atoms with van der Waals surface area (Å²) in [5.41, 5.74) is 1.59. The minimum atomic E-state index is -3.80. The van der Waals surface area contributed by atoms with Gasteiger partial charge in [-0.3, -0.25) is 13.9 Å². The predicted molar refractivity (Wildman–Crippen MR) is 148 cm³/mol. The van der Waals surface area contributed by atoms with Crippen LogP contribution in [0.3, 0.4) is 0 Å². The fraction of sp³-hybridized carbons (Fsp3) is 0.500.